The first kappa shape index (κ1) is 17.3. The Morgan fingerprint density at radius 2 is 1.88 bits per heavy atom. The van der Waals surface area contributed by atoms with Gasteiger partial charge < -0.3 is 9.84 Å². The van der Waals surface area contributed by atoms with E-state index in [9.17, 15) is 33.2 Å². The van der Waals surface area contributed by atoms with E-state index in [0.29, 0.717) is 6.07 Å². The Hall–Kier alpha value is -3.10. The monoisotopic (exact) mass is 341 g/mol. The average molecular weight is 341 g/mol. The van der Waals surface area contributed by atoms with Crippen molar-refractivity contribution in [2.24, 2.45) is 0 Å². The van der Waals surface area contributed by atoms with Crippen molar-refractivity contribution in [3.63, 3.8) is 0 Å². The lowest BCUT2D eigenvalue weighted by Gasteiger charge is -2.12. The lowest BCUT2D eigenvalue weighted by molar-refractivity contribution is -0.386. The second-order valence-corrected chi connectivity index (χ2v) is 4.68. The van der Waals surface area contributed by atoms with Crippen LogP contribution in [0.5, 0.6) is 11.5 Å². The van der Waals surface area contributed by atoms with Crippen molar-refractivity contribution in [1.82, 2.24) is 0 Å². The summed E-state index contributed by atoms with van der Waals surface area (Å²) in [4.78, 5) is 22.4. The van der Waals surface area contributed by atoms with Gasteiger partial charge in [0.1, 0.15) is 0 Å². The van der Waals surface area contributed by atoms with Gasteiger partial charge in [-0.15, -0.1) is 0 Å². The number of rotatable bonds is 4. The Morgan fingerprint density at radius 3 is 2.42 bits per heavy atom. The predicted molar refractivity (Wildman–Crippen MR) is 76.2 cm³/mol. The zero-order chi connectivity index (χ0) is 18.1. The van der Waals surface area contributed by atoms with Crippen LogP contribution in [0.25, 0.3) is 0 Å². The van der Waals surface area contributed by atoms with E-state index in [-0.39, 0.29) is 0 Å². The number of phenols is 1. The molecule has 0 unspecified atom stereocenters. The van der Waals surface area contributed by atoms with Gasteiger partial charge in [0.05, 0.1) is 17.6 Å². The molecule has 2 aromatic rings. The predicted octanol–water partition coefficient (Wildman–Crippen LogP) is 3.56. The Morgan fingerprint density at radius 1 is 1.25 bits per heavy atom. The standard InChI is InChI=1S/C15H10F3NO5/c1-24-12-7-8(6-11(14(12)21)19(22)23)13(20)9-4-2-3-5-10(9)15(16,17)18/h2-7,21H,1H3. The van der Waals surface area contributed by atoms with Crippen LogP contribution in [0.15, 0.2) is 36.4 Å². The van der Waals surface area contributed by atoms with Crippen molar-refractivity contribution in [3.05, 3.63) is 63.2 Å². The highest BCUT2D eigenvalue weighted by Gasteiger charge is 2.35. The second-order valence-electron chi connectivity index (χ2n) is 4.68. The molecule has 126 valence electrons. The SMILES string of the molecule is COc1cc(C(=O)c2ccccc2C(F)(F)F)cc([N+](=O)[O-])c1O. The summed E-state index contributed by atoms with van der Waals surface area (Å²) in [6.07, 6.45) is -4.76. The molecular formula is C15H10F3NO5. The van der Waals surface area contributed by atoms with Gasteiger partial charge in [0.25, 0.3) is 0 Å². The number of nitro groups is 1. The molecule has 0 aromatic heterocycles. The molecule has 9 heteroatoms. The number of benzene rings is 2. The molecule has 0 saturated heterocycles. The summed E-state index contributed by atoms with van der Waals surface area (Å²) in [5, 5.41) is 20.6. The molecule has 0 heterocycles. The molecule has 24 heavy (non-hydrogen) atoms. The van der Waals surface area contributed by atoms with Gasteiger partial charge in [-0.3, -0.25) is 14.9 Å². The molecule has 0 radical (unpaired) electrons. The minimum atomic E-state index is -4.76. The van der Waals surface area contributed by atoms with Crippen LogP contribution < -0.4 is 4.74 Å². The molecule has 0 aliphatic carbocycles. The molecule has 0 aliphatic heterocycles. The number of aromatic hydroxyl groups is 1. The third-order valence-corrected chi connectivity index (χ3v) is 3.21. The van der Waals surface area contributed by atoms with E-state index < -0.39 is 50.8 Å². The van der Waals surface area contributed by atoms with E-state index in [4.69, 9.17) is 4.74 Å². The van der Waals surface area contributed by atoms with Gasteiger partial charge in [0.15, 0.2) is 11.5 Å². The molecule has 6 nitrogen and oxygen atoms in total. The Balaban J connectivity index is 2.64. The van der Waals surface area contributed by atoms with E-state index >= 15 is 0 Å². The fourth-order valence-corrected chi connectivity index (χ4v) is 2.10. The van der Waals surface area contributed by atoms with Crippen molar-refractivity contribution in [2.45, 2.75) is 6.18 Å². The van der Waals surface area contributed by atoms with Crippen molar-refractivity contribution < 1.29 is 32.7 Å². The normalized spacial score (nSPS) is 11.2. The summed E-state index contributed by atoms with van der Waals surface area (Å²) < 4.78 is 43.8. The number of phenolic OH excluding ortho intramolecular Hbond substituents is 1. The van der Waals surface area contributed by atoms with E-state index in [0.717, 1.165) is 31.4 Å². The highest BCUT2D eigenvalue weighted by molar-refractivity contribution is 6.10. The molecule has 1 N–H and O–H groups in total. The highest BCUT2D eigenvalue weighted by Crippen LogP contribution is 2.38. The number of ether oxygens (including phenoxy) is 1. The van der Waals surface area contributed by atoms with Gasteiger partial charge in [-0.25, -0.2) is 0 Å². The number of hydrogen-bond donors (Lipinski definition) is 1. The number of halogens is 3. The van der Waals surface area contributed by atoms with Gasteiger partial charge in [0.2, 0.25) is 5.75 Å². The van der Waals surface area contributed by atoms with E-state index in [1.807, 2.05) is 0 Å². The van der Waals surface area contributed by atoms with Crippen LogP contribution in [0.3, 0.4) is 0 Å². The lowest BCUT2D eigenvalue weighted by atomic mass is 9.97. The van der Waals surface area contributed by atoms with Crippen LogP contribution >= 0.6 is 0 Å². The van der Waals surface area contributed by atoms with Gasteiger partial charge in [-0.05, 0) is 12.1 Å². The third-order valence-electron chi connectivity index (χ3n) is 3.21. The minimum absolute atomic E-state index is 0.392. The molecule has 0 bridgehead atoms. The molecule has 2 rings (SSSR count). The fraction of sp³-hybridized carbons (Fsp3) is 0.133. The van der Waals surface area contributed by atoms with E-state index in [1.54, 1.807) is 0 Å². The maximum absolute atomic E-state index is 13.0. The number of methoxy groups -OCH3 is 1. The number of carbonyl (C=O) groups excluding carboxylic acids is 1. The average Bonchev–Trinajstić information content (AvgIpc) is 2.53. The summed E-state index contributed by atoms with van der Waals surface area (Å²) in [5.41, 5.74) is -3.08. The maximum Gasteiger partial charge on any atom is 0.417 e. The Labute approximate surface area is 133 Å². The zero-order valence-electron chi connectivity index (χ0n) is 12.1. The molecule has 0 fully saturated rings. The fourth-order valence-electron chi connectivity index (χ4n) is 2.10. The highest BCUT2D eigenvalue weighted by atomic mass is 19.4. The zero-order valence-corrected chi connectivity index (χ0v) is 12.1. The number of ketones is 1. The van der Waals surface area contributed by atoms with Gasteiger partial charge in [-0.1, -0.05) is 18.2 Å². The number of alkyl halides is 3. The summed E-state index contributed by atoms with van der Waals surface area (Å²) in [6, 6.07) is 5.72. The molecule has 2 aromatic carbocycles. The molecule has 0 aliphatic rings. The number of hydrogen-bond acceptors (Lipinski definition) is 5. The maximum atomic E-state index is 13.0. The second kappa shape index (κ2) is 6.19. The first-order valence-corrected chi connectivity index (χ1v) is 6.43. The smallest absolute Gasteiger partial charge is 0.417 e. The topological polar surface area (TPSA) is 89.7 Å². The van der Waals surface area contributed by atoms with Crippen molar-refractivity contribution in [2.75, 3.05) is 7.11 Å². The summed E-state index contributed by atoms with van der Waals surface area (Å²) in [7, 11) is 1.09. The van der Waals surface area contributed by atoms with Crippen LogP contribution in [0, 0.1) is 10.1 Å². The summed E-state index contributed by atoms with van der Waals surface area (Å²) >= 11 is 0. The quantitative estimate of drug-likeness (QED) is 0.522. The largest absolute Gasteiger partial charge is 0.500 e. The van der Waals surface area contributed by atoms with Gasteiger partial charge in [-0.2, -0.15) is 13.2 Å². The first-order valence-electron chi connectivity index (χ1n) is 6.43. The van der Waals surface area contributed by atoms with Crippen LogP contribution in [0.2, 0.25) is 0 Å². The van der Waals surface area contributed by atoms with Crippen molar-refractivity contribution in [1.29, 1.82) is 0 Å². The first-order chi connectivity index (χ1) is 11.2. The van der Waals surface area contributed by atoms with Crippen LogP contribution in [-0.4, -0.2) is 22.9 Å². The van der Waals surface area contributed by atoms with Crippen molar-refractivity contribution in [3.8, 4) is 11.5 Å². The Kier molecular flexibility index (Phi) is 4.45. The minimum Gasteiger partial charge on any atom is -0.500 e. The number of nitro benzene ring substituents is 1. The van der Waals surface area contributed by atoms with Gasteiger partial charge in [0, 0.05) is 17.2 Å². The van der Waals surface area contributed by atoms with E-state index in [2.05, 4.69) is 0 Å². The van der Waals surface area contributed by atoms with Gasteiger partial charge >= 0.3 is 11.9 Å². The number of carbonyl (C=O) groups is 1. The van der Waals surface area contributed by atoms with Crippen LogP contribution in [0.1, 0.15) is 21.5 Å². The molecule has 0 atom stereocenters. The molecule has 0 amide bonds. The third kappa shape index (κ3) is 3.14. The lowest BCUT2D eigenvalue weighted by Crippen LogP contribution is -2.14. The summed E-state index contributed by atoms with van der Waals surface area (Å²) in [5.74, 6) is -2.29. The van der Waals surface area contributed by atoms with E-state index in [1.165, 1.54) is 6.07 Å². The summed E-state index contributed by atoms with van der Waals surface area (Å²) in [6.45, 7) is 0. The Bertz CT molecular complexity index is 817. The van der Waals surface area contributed by atoms with Crippen LogP contribution in [0.4, 0.5) is 18.9 Å². The molecule has 0 spiro atoms. The van der Waals surface area contributed by atoms with Crippen LogP contribution in [-0.2, 0) is 6.18 Å². The van der Waals surface area contributed by atoms with Crippen molar-refractivity contribution >= 4 is 11.5 Å². The molecular weight excluding hydrogens is 331 g/mol. The number of nitrogens with zero attached hydrogens (tertiary/aromatic N) is 1. The molecule has 0 saturated carbocycles.